The standard InChI is InChI=1S/C14H10BrN3O3.C9H8BBrO/c1-17-7-9-3-2-8(4-11(9)14(17)19)13-12(18(20)21)5-10(15)6-16-13;1-10-5-6-2-3-7(11)4-8(6)9(10)12/h2-6H,7H2,1H3;2-4H,5H2,1H3. The molecule has 2 aliphatic rings. The summed E-state index contributed by atoms with van der Waals surface area (Å²) in [5.41, 5.74) is 4.60. The number of nitro groups is 1. The number of benzene rings is 2. The zero-order valence-corrected chi connectivity index (χ0v) is 21.0. The van der Waals surface area contributed by atoms with Gasteiger partial charge in [-0.2, -0.15) is 0 Å². The number of nitrogens with zero attached hydrogens (tertiary/aromatic N) is 3. The van der Waals surface area contributed by atoms with E-state index in [-0.39, 0.29) is 29.7 Å². The van der Waals surface area contributed by atoms with Crippen molar-refractivity contribution in [3.63, 3.8) is 0 Å². The molecule has 7 nitrogen and oxygen atoms in total. The molecule has 166 valence electrons. The first-order valence-electron chi connectivity index (χ1n) is 10.2. The number of fused-ring (bicyclic) bond motifs is 2. The van der Waals surface area contributed by atoms with E-state index in [9.17, 15) is 19.7 Å². The van der Waals surface area contributed by atoms with E-state index in [4.69, 9.17) is 0 Å². The van der Waals surface area contributed by atoms with Crippen LogP contribution < -0.4 is 0 Å². The van der Waals surface area contributed by atoms with Crippen molar-refractivity contribution in [2.24, 2.45) is 0 Å². The lowest BCUT2D eigenvalue weighted by Gasteiger charge is -2.05. The average molecular weight is 571 g/mol. The number of hydrogen-bond acceptors (Lipinski definition) is 5. The largest absolute Gasteiger partial charge is 0.337 e. The van der Waals surface area contributed by atoms with Crippen LogP contribution in [0.2, 0.25) is 6.82 Å². The minimum absolute atomic E-state index is 0.0772. The second-order valence-electron chi connectivity index (χ2n) is 8.08. The van der Waals surface area contributed by atoms with E-state index in [2.05, 4.69) is 36.8 Å². The van der Waals surface area contributed by atoms with Crippen molar-refractivity contribution in [2.45, 2.75) is 19.7 Å². The second kappa shape index (κ2) is 9.19. The van der Waals surface area contributed by atoms with E-state index < -0.39 is 4.92 Å². The Labute approximate surface area is 207 Å². The normalized spacial score (nSPS) is 14.1. The highest BCUT2D eigenvalue weighted by Gasteiger charge is 2.29. The Morgan fingerprint density at radius 1 is 1.03 bits per heavy atom. The lowest BCUT2D eigenvalue weighted by Crippen LogP contribution is -2.17. The maximum atomic E-state index is 12.0. The number of hydrogen-bond donors (Lipinski definition) is 0. The Bertz CT molecular complexity index is 1310. The number of rotatable bonds is 2. The Balaban J connectivity index is 0.000000183. The smallest absolute Gasteiger partial charge is 0.296 e. The third-order valence-corrected chi connectivity index (χ3v) is 6.64. The quantitative estimate of drug-likeness (QED) is 0.234. The van der Waals surface area contributed by atoms with Gasteiger partial charge in [-0.1, -0.05) is 41.0 Å². The molecule has 0 atom stereocenters. The van der Waals surface area contributed by atoms with E-state index in [1.54, 1.807) is 24.1 Å². The predicted molar refractivity (Wildman–Crippen MR) is 134 cm³/mol. The van der Waals surface area contributed by atoms with Gasteiger partial charge < -0.3 is 9.69 Å². The van der Waals surface area contributed by atoms with Gasteiger partial charge in [0.15, 0.2) is 0 Å². The van der Waals surface area contributed by atoms with Gasteiger partial charge in [-0.25, -0.2) is 4.98 Å². The number of amides is 1. The summed E-state index contributed by atoms with van der Waals surface area (Å²) in [6.07, 6.45) is 2.41. The number of pyridine rings is 1. The van der Waals surface area contributed by atoms with Gasteiger partial charge in [0.05, 0.1) is 4.92 Å². The van der Waals surface area contributed by atoms with Crippen molar-refractivity contribution in [3.8, 4) is 11.3 Å². The van der Waals surface area contributed by atoms with Gasteiger partial charge in [-0.15, -0.1) is 0 Å². The van der Waals surface area contributed by atoms with Crippen molar-refractivity contribution >= 4 is 55.8 Å². The highest BCUT2D eigenvalue weighted by atomic mass is 79.9. The first kappa shape index (κ1) is 23.3. The molecule has 0 spiro atoms. The summed E-state index contributed by atoms with van der Waals surface area (Å²) in [5, 5.41) is 11.2. The van der Waals surface area contributed by atoms with Crippen molar-refractivity contribution in [1.82, 2.24) is 9.88 Å². The lowest BCUT2D eigenvalue weighted by molar-refractivity contribution is -0.384. The summed E-state index contributed by atoms with van der Waals surface area (Å²) < 4.78 is 1.53. The van der Waals surface area contributed by atoms with Crippen LogP contribution >= 0.6 is 31.9 Å². The average Bonchev–Trinajstić information content (AvgIpc) is 3.23. The lowest BCUT2D eigenvalue weighted by atomic mass is 9.49. The summed E-state index contributed by atoms with van der Waals surface area (Å²) >= 11 is 6.54. The molecule has 0 radical (unpaired) electrons. The zero-order valence-electron chi connectivity index (χ0n) is 17.8. The Kier molecular flexibility index (Phi) is 6.49. The molecule has 2 aliphatic heterocycles. The first-order chi connectivity index (χ1) is 15.7. The summed E-state index contributed by atoms with van der Waals surface area (Å²) in [4.78, 5) is 40.0. The van der Waals surface area contributed by atoms with E-state index >= 15 is 0 Å². The Morgan fingerprint density at radius 2 is 1.76 bits per heavy atom. The highest BCUT2D eigenvalue weighted by molar-refractivity contribution is 9.10. The van der Waals surface area contributed by atoms with Crippen molar-refractivity contribution in [2.75, 3.05) is 7.05 Å². The number of halogens is 2. The molecule has 0 bridgehead atoms. The van der Waals surface area contributed by atoms with Crippen LogP contribution in [-0.4, -0.2) is 40.2 Å². The van der Waals surface area contributed by atoms with Crippen LogP contribution in [0.25, 0.3) is 11.3 Å². The van der Waals surface area contributed by atoms with Crippen LogP contribution in [0, 0.1) is 10.1 Å². The Morgan fingerprint density at radius 3 is 2.48 bits per heavy atom. The van der Waals surface area contributed by atoms with Crippen LogP contribution in [0.3, 0.4) is 0 Å². The minimum atomic E-state index is -0.478. The van der Waals surface area contributed by atoms with Gasteiger partial charge in [0.25, 0.3) is 11.6 Å². The van der Waals surface area contributed by atoms with Crippen LogP contribution in [0.1, 0.15) is 31.8 Å². The van der Waals surface area contributed by atoms with Gasteiger partial charge in [0, 0.05) is 51.5 Å². The number of carbonyl (C=O) groups excluding carboxylic acids is 2. The summed E-state index contributed by atoms with van der Waals surface area (Å²) in [6, 6.07) is 12.6. The van der Waals surface area contributed by atoms with Crippen LogP contribution in [0.15, 0.2) is 57.6 Å². The minimum Gasteiger partial charge on any atom is -0.337 e. The molecule has 0 saturated heterocycles. The number of carbonyl (C=O) groups is 2. The molecule has 10 heteroatoms. The SMILES string of the molecule is CB1Cc2ccc(Br)cc2C1=O.CN1Cc2ccc(-c3ncc(Br)cc3[N+](=O)[O-])cc2C1=O. The van der Waals surface area contributed by atoms with Gasteiger partial charge in [0.2, 0.25) is 6.71 Å². The molecule has 0 unspecified atom stereocenters. The Hall–Kier alpha value is -2.85. The number of aromatic nitrogens is 1. The molecular formula is C23H18BBr2N3O4. The highest BCUT2D eigenvalue weighted by Crippen LogP contribution is 2.33. The van der Waals surface area contributed by atoms with Crippen LogP contribution in [0.5, 0.6) is 0 Å². The molecule has 0 fully saturated rings. The van der Waals surface area contributed by atoms with Crippen LogP contribution in [0.4, 0.5) is 5.69 Å². The molecule has 1 aromatic heterocycles. The molecule has 33 heavy (non-hydrogen) atoms. The van der Waals surface area contributed by atoms with Gasteiger partial charge >= 0.3 is 0 Å². The van der Waals surface area contributed by atoms with Crippen molar-refractivity contribution < 1.29 is 14.5 Å². The molecule has 3 aromatic rings. The fourth-order valence-electron chi connectivity index (χ4n) is 4.03. The third kappa shape index (κ3) is 4.63. The summed E-state index contributed by atoms with van der Waals surface area (Å²) in [5.74, 6) is -0.0772. The molecule has 5 rings (SSSR count). The molecule has 2 aromatic carbocycles. The first-order valence-corrected chi connectivity index (χ1v) is 11.8. The van der Waals surface area contributed by atoms with Gasteiger partial charge in [-0.3, -0.25) is 14.9 Å². The fourth-order valence-corrected chi connectivity index (χ4v) is 4.71. The van der Waals surface area contributed by atoms with E-state index in [0.717, 1.165) is 21.9 Å². The van der Waals surface area contributed by atoms with E-state index in [1.807, 2.05) is 31.1 Å². The zero-order chi connectivity index (χ0) is 23.9. The topological polar surface area (TPSA) is 93.4 Å². The maximum Gasteiger partial charge on any atom is 0.296 e. The van der Waals surface area contributed by atoms with Gasteiger partial charge in [0.1, 0.15) is 11.4 Å². The summed E-state index contributed by atoms with van der Waals surface area (Å²) in [7, 11) is 1.72. The van der Waals surface area contributed by atoms with E-state index in [0.29, 0.717) is 22.1 Å². The third-order valence-electron chi connectivity index (χ3n) is 5.71. The monoisotopic (exact) mass is 569 g/mol. The predicted octanol–water partition coefficient (Wildman–Crippen LogP) is 5.40. The second-order valence-corrected chi connectivity index (χ2v) is 9.91. The molecule has 0 aliphatic carbocycles. The van der Waals surface area contributed by atoms with Crippen molar-refractivity contribution in [1.29, 1.82) is 0 Å². The molecule has 3 heterocycles. The van der Waals surface area contributed by atoms with E-state index in [1.165, 1.54) is 17.8 Å². The van der Waals surface area contributed by atoms with Crippen molar-refractivity contribution in [3.05, 3.63) is 90.0 Å². The molecular weight excluding hydrogens is 553 g/mol. The maximum absolute atomic E-state index is 12.0. The molecule has 0 saturated carbocycles. The van der Waals surface area contributed by atoms with Gasteiger partial charge in [-0.05, 0) is 51.6 Å². The molecule has 1 amide bonds. The summed E-state index contributed by atoms with van der Waals surface area (Å²) in [6.45, 7) is 2.72. The fraction of sp³-hybridized carbons (Fsp3) is 0.174. The molecule has 0 N–H and O–H groups in total. The van der Waals surface area contributed by atoms with Crippen LogP contribution in [-0.2, 0) is 12.9 Å².